The van der Waals surface area contributed by atoms with E-state index in [1.54, 1.807) is 27.7 Å². The molecule has 7 nitrogen and oxygen atoms in total. The van der Waals surface area contributed by atoms with Gasteiger partial charge in [-0.05, 0) is 57.0 Å². The number of carbonyl (C=O) groups is 2. The molecule has 2 amide bonds. The van der Waals surface area contributed by atoms with E-state index in [0.717, 1.165) is 22.4 Å². The third kappa shape index (κ3) is 4.42. The van der Waals surface area contributed by atoms with Crippen molar-refractivity contribution in [3.05, 3.63) is 66.2 Å². The fourth-order valence-corrected chi connectivity index (χ4v) is 4.09. The molecular weight excluding hydrogens is 408 g/mol. The average Bonchev–Trinajstić information content (AvgIpc) is 3.30. The Hall–Kier alpha value is -3.48. The Morgan fingerprint density at radius 1 is 0.938 bits per heavy atom. The molecule has 0 saturated carbocycles. The molecule has 0 unspecified atom stereocenters. The molecule has 168 valence electrons. The molecule has 1 heterocycles. The monoisotopic (exact) mass is 436 g/mol. The molecule has 0 saturated heterocycles. The van der Waals surface area contributed by atoms with Gasteiger partial charge in [-0.15, -0.1) is 0 Å². The molecule has 4 rings (SSSR count). The Balaban J connectivity index is 1.65. The molecule has 1 N–H and O–H groups in total. The van der Waals surface area contributed by atoms with Gasteiger partial charge in [0.25, 0.3) is 0 Å². The molecule has 0 aromatic heterocycles. The summed E-state index contributed by atoms with van der Waals surface area (Å²) in [5, 5.41) is 1.21. The van der Waals surface area contributed by atoms with Crippen LogP contribution >= 0.6 is 0 Å². The van der Waals surface area contributed by atoms with E-state index in [2.05, 4.69) is 23.6 Å². The first-order valence-electron chi connectivity index (χ1n) is 10.8. The van der Waals surface area contributed by atoms with Crippen molar-refractivity contribution in [2.45, 2.75) is 58.0 Å². The average molecular weight is 437 g/mol. The second-order valence-electron chi connectivity index (χ2n) is 8.47. The van der Waals surface area contributed by atoms with Crippen LogP contribution in [-0.2, 0) is 9.47 Å². The summed E-state index contributed by atoms with van der Waals surface area (Å²) in [5.41, 5.74) is 5.71. The molecule has 32 heavy (non-hydrogen) atoms. The first-order chi connectivity index (χ1) is 15.3. The number of nitrogens with zero attached hydrogens (tertiary/aromatic N) is 1. The van der Waals surface area contributed by atoms with Crippen molar-refractivity contribution in [2.24, 2.45) is 0 Å². The molecule has 2 aromatic rings. The standard InChI is InChI=1S/C25H28N2O5/c1-15(2)30-24(28)26-27(25(29)31-16(3)4)20-11-13-22-23(20)19-14-18(10-12-21(19)32-22)17-8-6-5-7-9-17/h5-16,20,22-23H,1-4H3,(H,26,28)/t20-,22-,23+/m1/s1. The summed E-state index contributed by atoms with van der Waals surface area (Å²) in [5.74, 6) is 0.587. The van der Waals surface area contributed by atoms with Gasteiger partial charge in [-0.25, -0.2) is 20.0 Å². The summed E-state index contributed by atoms with van der Waals surface area (Å²) in [6, 6.07) is 15.7. The molecule has 1 aliphatic heterocycles. The van der Waals surface area contributed by atoms with Gasteiger partial charge in [0.15, 0.2) is 0 Å². The van der Waals surface area contributed by atoms with Gasteiger partial charge in [-0.3, -0.25) is 0 Å². The highest BCUT2D eigenvalue weighted by molar-refractivity contribution is 5.75. The minimum absolute atomic E-state index is 0.187. The van der Waals surface area contributed by atoms with Crippen LogP contribution in [0.5, 0.6) is 5.75 Å². The molecule has 0 radical (unpaired) electrons. The highest BCUT2D eigenvalue weighted by Gasteiger charge is 2.46. The molecule has 0 bridgehead atoms. The second-order valence-corrected chi connectivity index (χ2v) is 8.47. The van der Waals surface area contributed by atoms with Crippen LogP contribution in [0.1, 0.15) is 39.2 Å². The SMILES string of the molecule is CC(C)OC(=O)NN(C(=O)OC(C)C)[C@@H]1C=C[C@H]2Oc3ccc(-c4ccccc4)cc3[C@@H]12. The van der Waals surface area contributed by atoms with E-state index in [-0.39, 0.29) is 24.2 Å². The van der Waals surface area contributed by atoms with E-state index < -0.39 is 18.2 Å². The van der Waals surface area contributed by atoms with Crippen molar-refractivity contribution < 1.29 is 23.8 Å². The van der Waals surface area contributed by atoms with Crippen LogP contribution in [0.15, 0.2) is 60.7 Å². The van der Waals surface area contributed by atoms with Gasteiger partial charge in [0.1, 0.15) is 11.9 Å². The first kappa shape index (κ1) is 21.7. The normalized spacial score (nSPS) is 20.5. The number of fused-ring (bicyclic) bond motifs is 3. The number of hydrazine groups is 1. The van der Waals surface area contributed by atoms with Crippen LogP contribution in [0.25, 0.3) is 11.1 Å². The third-order valence-corrected chi connectivity index (χ3v) is 5.34. The largest absolute Gasteiger partial charge is 0.485 e. The van der Waals surface area contributed by atoms with Crippen molar-refractivity contribution in [1.29, 1.82) is 0 Å². The molecule has 1 aliphatic carbocycles. The summed E-state index contributed by atoms with van der Waals surface area (Å²) in [6.45, 7) is 7.01. The Labute approximate surface area is 187 Å². The molecule has 7 heteroatoms. The minimum Gasteiger partial charge on any atom is -0.485 e. The summed E-state index contributed by atoms with van der Waals surface area (Å²) >= 11 is 0. The number of benzene rings is 2. The minimum atomic E-state index is -0.713. The molecule has 0 fully saturated rings. The van der Waals surface area contributed by atoms with Crippen molar-refractivity contribution in [3.63, 3.8) is 0 Å². The van der Waals surface area contributed by atoms with E-state index >= 15 is 0 Å². The predicted octanol–water partition coefficient (Wildman–Crippen LogP) is 5.03. The maximum Gasteiger partial charge on any atom is 0.429 e. The van der Waals surface area contributed by atoms with Gasteiger partial charge in [0.2, 0.25) is 0 Å². The third-order valence-electron chi connectivity index (χ3n) is 5.34. The number of hydrogen-bond donors (Lipinski definition) is 1. The van der Waals surface area contributed by atoms with Crippen LogP contribution < -0.4 is 10.2 Å². The van der Waals surface area contributed by atoms with Gasteiger partial charge < -0.3 is 14.2 Å². The van der Waals surface area contributed by atoms with Crippen molar-refractivity contribution in [2.75, 3.05) is 0 Å². The zero-order valence-electron chi connectivity index (χ0n) is 18.6. The number of rotatable bonds is 4. The number of amides is 2. The van der Waals surface area contributed by atoms with Crippen LogP contribution in [0.2, 0.25) is 0 Å². The van der Waals surface area contributed by atoms with E-state index in [0.29, 0.717) is 0 Å². The van der Waals surface area contributed by atoms with Gasteiger partial charge in [0, 0.05) is 5.56 Å². The topological polar surface area (TPSA) is 77.1 Å². The number of ether oxygens (including phenoxy) is 3. The summed E-state index contributed by atoms with van der Waals surface area (Å²) in [4.78, 5) is 25.3. The van der Waals surface area contributed by atoms with E-state index in [1.165, 1.54) is 5.01 Å². The molecule has 2 aliphatic rings. The lowest BCUT2D eigenvalue weighted by Gasteiger charge is -2.31. The fourth-order valence-electron chi connectivity index (χ4n) is 4.09. The first-order valence-corrected chi connectivity index (χ1v) is 10.8. The quantitative estimate of drug-likeness (QED) is 0.537. The highest BCUT2D eigenvalue weighted by atomic mass is 16.6. The lowest BCUT2D eigenvalue weighted by Crippen LogP contribution is -2.54. The lowest BCUT2D eigenvalue weighted by atomic mass is 9.90. The maximum absolute atomic E-state index is 12.9. The Morgan fingerprint density at radius 3 is 2.34 bits per heavy atom. The molecule has 2 aromatic carbocycles. The van der Waals surface area contributed by atoms with Crippen LogP contribution in [0.4, 0.5) is 9.59 Å². The van der Waals surface area contributed by atoms with Crippen molar-refractivity contribution >= 4 is 12.2 Å². The van der Waals surface area contributed by atoms with E-state index in [9.17, 15) is 9.59 Å². The number of carbonyl (C=O) groups excluding carboxylic acids is 2. The van der Waals surface area contributed by atoms with Gasteiger partial charge in [-0.2, -0.15) is 0 Å². The van der Waals surface area contributed by atoms with E-state index in [4.69, 9.17) is 14.2 Å². The van der Waals surface area contributed by atoms with E-state index in [1.807, 2.05) is 42.5 Å². The molecule has 0 spiro atoms. The summed E-state index contributed by atoms with van der Waals surface area (Å²) in [7, 11) is 0. The highest BCUT2D eigenvalue weighted by Crippen LogP contribution is 2.47. The smallest absolute Gasteiger partial charge is 0.429 e. The van der Waals surface area contributed by atoms with Crippen LogP contribution in [0.3, 0.4) is 0 Å². The van der Waals surface area contributed by atoms with Crippen molar-refractivity contribution in [3.8, 4) is 16.9 Å². The van der Waals surface area contributed by atoms with Crippen LogP contribution in [0, 0.1) is 0 Å². The molecular formula is C25H28N2O5. The lowest BCUT2D eigenvalue weighted by molar-refractivity contribution is 0.0332. The maximum atomic E-state index is 12.9. The summed E-state index contributed by atoms with van der Waals surface area (Å²) < 4.78 is 16.7. The Morgan fingerprint density at radius 2 is 1.66 bits per heavy atom. The number of nitrogens with one attached hydrogen (secondary N) is 1. The Kier molecular flexibility index (Phi) is 6.08. The van der Waals surface area contributed by atoms with Gasteiger partial charge in [0.05, 0.1) is 24.2 Å². The fraction of sp³-hybridized carbons (Fsp3) is 0.360. The second kappa shape index (κ2) is 8.94. The number of hydrogen-bond acceptors (Lipinski definition) is 5. The van der Waals surface area contributed by atoms with Gasteiger partial charge >= 0.3 is 12.2 Å². The van der Waals surface area contributed by atoms with Gasteiger partial charge in [-0.1, -0.05) is 42.5 Å². The zero-order valence-corrected chi connectivity index (χ0v) is 18.6. The summed E-state index contributed by atoms with van der Waals surface area (Å²) in [6.07, 6.45) is 1.52. The predicted molar refractivity (Wildman–Crippen MR) is 120 cm³/mol. The Bertz CT molecular complexity index is 1020. The van der Waals surface area contributed by atoms with Crippen molar-refractivity contribution in [1.82, 2.24) is 10.4 Å². The van der Waals surface area contributed by atoms with Crippen LogP contribution in [-0.4, -0.2) is 41.5 Å². The zero-order chi connectivity index (χ0) is 22.8. The molecule has 3 atom stereocenters.